The van der Waals surface area contributed by atoms with Crippen LogP contribution in [-0.4, -0.2) is 17.1 Å². The summed E-state index contributed by atoms with van der Waals surface area (Å²) in [6, 6.07) is 10.5. The first-order valence-corrected chi connectivity index (χ1v) is 7.75. The largest absolute Gasteiger partial charge is 0.446 e. The van der Waals surface area contributed by atoms with Crippen molar-refractivity contribution in [3.63, 3.8) is 0 Å². The quantitative estimate of drug-likeness (QED) is 0.787. The van der Waals surface area contributed by atoms with Crippen LogP contribution in [0.4, 0.5) is 0 Å². The van der Waals surface area contributed by atoms with E-state index in [-0.39, 0.29) is 5.54 Å². The van der Waals surface area contributed by atoms with E-state index in [4.69, 9.17) is 4.42 Å². The van der Waals surface area contributed by atoms with Crippen molar-refractivity contribution in [3.05, 3.63) is 53.7 Å². The molecule has 0 fully saturated rings. The van der Waals surface area contributed by atoms with Crippen LogP contribution in [0.3, 0.4) is 0 Å². The first-order valence-electron chi connectivity index (χ1n) is 7.75. The molecule has 2 rings (SSSR count). The molecule has 0 amide bonds. The molecule has 1 aromatic carbocycles. The molecule has 0 atom stereocenters. The maximum absolute atomic E-state index is 5.80. The van der Waals surface area contributed by atoms with Crippen LogP contribution in [0, 0.1) is 0 Å². The van der Waals surface area contributed by atoms with Crippen molar-refractivity contribution in [2.24, 2.45) is 0 Å². The highest BCUT2D eigenvalue weighted by Gasteiger charge is 2.08. The van der Waals surface area contributed by atoms with E-state index in [0.29, 0.717) is 0 Å². The smallest absolute Gasteiger partial charge is 0.194 e. The van der Waals surface area contributed by atoms with Gasteiger partial charge >= 0.3 is 0 Å². The fourth-order valence-corrected chi connectivity index (χ4v) is 2.19. The third-order valence-electron chi connectivity index (χ3n) is 3.33. The molecule has 0 bridgehead atoms. The minimum atomic E-state index is 0.178. The zero-order valence-corrected chi connectivity index (χ0v) is 13.4. The second kappa shape index (κ2) is 7.41. The Morgan fingerprint density at radius 1 is 1.05 bits per heavy atom. The maximum atomic E-state index is 5.80. The number of nitrogens with zero attached hydrogens (tertiary/aromatic N) is 1. The van der Waals surface area contributed by atoms with E-state index in [2.05, 4.69) is 55.3 Å². The Balaban J connectivity index is 1.71. The fraction of sp³-hybridized carbons (Fsp3) is 0.500. The second-order valence-electron chi connectivity index (χ2n) is 6.49. The van der Waals surface area contributed by atoms with Crippen LogP contribution in [0.2, 0.25) is 0 Å². The van der Waals surface area contributed by atoms with E-state index in [1.165, 1.54) is 5.56 Å². The molecule has 1 aromatic heterocycles. The van der Waals surface area contributed by atoms with Gasteiger partial charge < -0.3 is 9.73 Å². The predicted molar refractivity (Wildman–Crippen MR) is 86.4 cm³/mol. The highest BCUT2D eigenvalue weighted by atomic mass is 16.4. The van der Waals surface area contributed by atoms with Gasteiger partial charge in [-0.1, -0.05) is 30.3 Å². The van der Waals surface area contributed by atoms with E-state index >= 15 is 0 Å². The zero-order chi connectivity index (χ0) is 15.1. The number of aromatic nitrogens is 1. The number of nitrogens with one attached hydrogen (secondary N) is 1. The first-order chi connectivity index (χ1) is 10.0. The molecule has 0 aliphatic rings. The molecular weight excluding hydrogens is 260 g/mol. The Bertz CT molecular complexity index is 526. The van der Waals surface area contributed by atoms with E-state index in [9.17, 15) is 0 Å². The van der Waals surface area contributed by atoms with Crippen LogP contribution in [0.5, 0.6) is 0 Å². The van der Waals surface area contributed by atoms with Gasteiger partial charge in [0.2, 0.25) is 0 Å². The van der Waals surface area contributed by atoms with Crippen LogP contribution >= 0.6 is 0 Å². The summed E-state index contributed by atoms with van der Waals surface area (Å²) in [5, 5.41) is 3.48. The third kappa shape index (κ3) is 6.13. The molecular formula is C18H26N2O. The topological polar surface area (TPSA) is 38.1 Å². The summed E-state index contributed by atoms with van der Waals surface area (Å²) >= 11 is 0. The summed E-state index contributed by atoms with van der Waals surface area (Å²) in [5.41, 5.74) is 1.52. The summed E-state index contributed by atoms with van der Waals surface area (Å²) in [5.74, 6) is 1.84. The number of oxazole rings is 1. The number of hydrogen-bond acceptors (Lipinski definition) is 3. The number of aryl methyl sites for hydroxylation is 3. The van der Waals surface area contributed by atoms with Gasteiger partial charge in [-0.05, 0) is 45.7 Å². The van der Waals surface area contributed by atoms with E-state index in [1.54, 1.807) is 0 Å². The highest BCUT2D eigenvalue weighted by molar-refractivity contribution is 5.15. The Morgan fingerprint density at radius 2 is 1.81 bits per heavy atom. The lowest BCUT2D eigenvalue weighted by Gasteiger charge is -2.20. The lowest BCUT2D eigenvalue weighted by molar-refractivity contribution is 0.405. The minimum Gasteiger partial charge on any atom is -0.446 e. The molecule has 0 saturated heterocycles. The minimum absolute atomic E-state index is 0.178. The first kappa shape index (κ1) is 15.8. The Hall–Kier alpha value is -1.61. The van der Waals surface area contributed by atoms with Gasteiger partial charge in [-0.3, -0.25) is 0 Å². The van der Waals surface area contributed by atoms with Gasteiger partial charge in [-0.25, -0.2) is 4.98 Å². The van der Waals surface area contributed by atoms with Crippen molar-refractivity contribution in [1.82, 2.24) is 10.3 Å². The zero-order valence-electron chi connectivity index (χ0n) is 13.4. The van der Waals surface area contributed by atoms with Crippen LogP contribution < -0.4 is 5.32 Å². The van der Waals surface area contributed by atoms with E-state index in [1.807, 2.05) is 12.3 Å². The molecule has 0 saturated carbocycles. The Morgan fingerprint density at radius 3 is 2.52 bits per heavy atom. The molecule has 114 valence electrons. The molecule has 1 N–H and O–H groups in total. The van der Waals surface area contributed by atoms with Crippen molar-refractivity contribution < 1.29 is 4.42 Å². The number of hydrogen-bond donors (Lipinski definition) is 1. The number of rotatable bonds is 7. The van der Waals surface area contributed by atoms with Gasteiger partial charge in [0.15, 0.2) is 5.89 Å². The Kier molecular flexibility index (Phi) is 5.57. The lowest BCUT2D eigenvalue weighted by Crippen LogP contribution is -2.36. The van der Waals surface area contributed by atoms with E-state index in [0.717, 1.165) is 43.9 Å². The molecule has 1 heterocycles. The summed E-state index contributed by atoms with van der Waals surface area (Å²) in [6.45, 7) is 7.53. The summed E-state index contributed by atoms with van der Waals surface area (Å²) in [7, 11) is 0. The SMILES string of the molecule is CC(C)(C)NCCCc1ncc(CCc2ccccc2)o1. The average Bonchev–Trinajstić information content (AvgIpc) is 2.89. The van der Waals surface area contributed by atoms with Gasteiger partial charge in [0, 0.05) is 18.4 Å². The van der Waals surface area contributed by atoms with Crippen molar-refractivity contribution in [3.8, 4) is 0 Å². The normalized spacial score (nSPS) is 11.8. The average molecular weight is 286 g/mol. The molecule has 0 unspecified atom stereocenters. The molecule has 3 heteroatoms. The van der Waals surface area contributed by atoms with Crippen LogP contribution in [0.15, 0.2) is 40.9 Å². The Labute approximate surface area is 127 Å². The molecule has 0 spiro atoms. The van der Waals surface area contributed by atoms with Crippen molar-refractivity contribution in [2.45, 2.75) is 52.0 Å². The van der Waals surface area contributed by atoms with E-state index < -0.39 is 0 Å². The van der Waals surface area contributed by atoms with Crippen LogP contribution in [0.1, 0.15) is 44.4 Å². The predicted octanol–water partition coefficient (Wildman–Crippen LogP) is 3.78. The van der Waals surface area contributed by atoms with Gasteiger partial charge in [-0.15, -0.1) is 0 Å². The van der Waals surface area contributed by atoms with Gasteiger partial charge in [-0.2, -0.15) is 0 Å². The van der Waals surface area contributed by atoms with Gasteiger partial charge in [0.05, 0.1) is 6.20 Å². The van der Waals surface area contributed by atoms with Gasteiger partial charge in [0.1, 0.15) is 5.76 Å². The molecule has 0 aliphatic heterocycles. The standard InChI is InChI=1S/C18H26N2O/c1-18(2,3)20-13-7-10-17-19-14-16(21-17)12-11-15-8-5-4-6-9-15/h4-6,8-9,14,20H,7,10-13H2,1-3H3. The van der Waals surface area contributed by atoms with Crippen molar-refractivity contribution >= 4 is 0 Å². The van der Waals surface area contributed by atoms with Crippen LogP contribution in [0.25, 0.3) is 0 Å². The lowest BCUT2D eigenvalue weighted by atomic mass is 10.1. The van der Waals surface area contributed by atoms with Crippen LogP contribution in [-0.2, 0) is 19.3 Å². The van der Waals surface area contributed by atoms with Crippen molar-refractivity contribution in [2.75, 3.05) is 6.54 Å². The molecule has 2 aromatic rings. The summed E-state index contributed by atoms with van der Waals surface area (Å²) in [6.07, 6.45) is 5.73. The fourth-order valence-electron chi connectivity index (χ4n) is 2.19. The van der Waals surface area contributed by atoms with Crippen molar-refractivity contribution in [1.29, 1.82) is 0 Å². The molecule has 3 nitrogen and oxygen atoms in total. The third-order valence-corrected chi connectivity index (χ3v) is 3.33. The highest BCUT2D eigenvalue weighted by Crippen LogP contribution is 2.10. The molecule has 0 radical (unpaired) electrons. The monoisotopic (exact) mass is 286 g/mol. The van der Waals surface area contributed by atoms with Gasteiger partial charge in [0.25, 0.3) is 0 Å². The maximum Gasteiger partial charge on any atom is 0.194 e. The molecule has 21 heavy (non-hydrogen) atoms. The molecule has 0 aliphatic carbocycles. The summed E-state index contributed by atoms with van der Waals surface area (Å²) < 4.78 is 5.80. The summed E-state index contributed by atoms with van der Waals surface area (Å²) in [4.78, 5) is 4.37. The number of benzene rings is 1. The second-order valence-corrected chi connectivity index (χ2v) is 6.49.